The highest BCUT2D eigenvalue weighted by atomic mass is 16.5. The number of hydrogen-bond donors (Lipinski definition) is 2. The lowest BCUT2D eigenvalue weighted by atomic mass is 10.2. The molecule has 1 aromatic heterocycles. The van der Waals surface area contributed by atoms with Crippen LogP contribution in [0.15, 0.2) is 36.5 Å². The standard InChI is InChI=1S/C14H12N2O4/c1-8-6-12(10(7-16-8)14(18)19)20-11-5-3-2-4-9(11)13(15)17/h2-7H,1H3,(H2,15,17)(H,18,19). The van der Waals surface area contributed by atoms with E-state index in [4.69, 9.17) is 15.6 Å². The number of hydrogen-bond acceptors (Lipinski definition) is 4. The zero-order valence-corrected chi connectivity index (χ0v) is 10.7. The van der Waals surface area contributed by atoms with Crippen LogP contribution in [0.3, 0.4) is 0 Å². The summed E-state index contributed by atoms with van der Waals surface area (Å²) in [5.74, 6) is -1.50. The number of pyridine rings is 1. The Morgan fingerprint density at radius 1 is 1.20 bits per heavy atom. The van der Waals surface area contributed by atoms with Crippen LogP contribution in [-0.4, -0.2) is 22.0 Å². The van der Waals surface area contributed by atoms with Crippen molar-refractivity contribution in [3.63, 3.8) is 0 Å². The van der Waals surface area contributed by atoms with Gasteiger partial charge in [-0.3, -0.25) is 9.78 Å². The van der Waals surface area contributed by atoms with E-state index in [9.17, 15) is 9.59 Å². The number of benzene rings is 1. The van der Waals surface area contributed by atoms with Crippen molar-refractivity contribution in [3.05, 3.63) is 53.3 Å². The van der Waals surface area contributed by atoms with E-state index >= 15 is 0 Å². The summed E-state index contributed by atoms with van der Waals surface area (Å²) in [5.41, 5.74) is 5.94. The highest BCUT2D eigenvalue weighted by molar-refractivity contribution is 5.96. The minimum absolute atomic E-state index is 0.0881. The number of amides is 1. The Hall–Kier alpha value is -2.89. The lowest BCUT2D eigenvalue weighted by Gasteiger charge is -2.11. The van der Waals surface area contributed by atoms with Crippen molar-refractivity contribution < 1.29 is 19.4 Å². The van der Waals surface area contributed by atoms with Crippen molar-refractivity contribution in [1.82, 2.24) is 4.98 Å². The third-order valence-corrected chi connectivity index (χ3v) is 2.61. The topological polar surface area (TPSA) is 103 Å². The highest BCUT2D eigenvalue weighted by Gasteiger charge is 2.16. The molecule has 0 radical (unpaired) electrons. The quantitative estimate of drug-likeness (QED) is 0.885. The third-order valence-electron chi connectivity index (χ3n) is 2.61. The molecule has 0 aliphatic carbocycles. The van der Waals surface area contributed by atoms with E-state index < -0.39 is 11.9 Å². The van der Waals surface area contributed by atoms with E-state index in [1.807, 2.05) is 0 Å². The maximum absolute atomic E-state index is 11.3. The van der Waals surface area contributed by atoms with Crippen molar-refractivity contribution in [3.8, 4) is 11.5 Å². The van der Waals surface area contributed by atoms with Gasteiger partial charge < -0.3 is 15.6 Å². The summed E-state index contributed by atoms with van der Waals surface area (Å²) in [6.45, 7) is 1.71. The van der Waals surface area contributed by atoms with Crippen LogP contribution in [0.2, 0.25) is 0 Å². The van der Waals surface area contributed by atoms with E-state index in [-0.39, 0.29) is 22.6 Å². The first kappa shape index (κ1) is 13.5. The van der Waals surface area contributed by atoms with Gasteiger partial charge >= 0.3 is 5.97 Å². The first-order valence-electron chi connectivity index (χ1n) is 5.75. The van der Waals surface area contributed by atoms with Gasteiger partial charge in [-0.1, -0.05) is 12.1 Å². The molecule has 2 aromatic rings. The predicted octanol–water partition coefficient (Wildman–Crippen LogP) is 1.98. The number of carboxylic acids is 1. The first-order valence-corrected chi connectivity index (χ1v) is 5.75. The fourth-order valence-electron chi connectivity index (χ4n) is 1.66. The maximum atomic E-state index is 11.3. The Kier molecular flexibility index (Phi) is 3.65. The second kappa shape index (κ2) is 5.40. The molecule has 0 fully saturated rings. The molecule has 0 bridgehead atoms. The second-order valence-electron chi connectivity index (χ2n) is 4.09. The highest BCUT2D eigenvalue weighted by Crippen LogP contribution is 2.28. The molecule has 6 nitrogen and oxygen atoms in total. The van der Waals surface area contributed by atoms with Gasteiger partial charge in [-0.15, -0.1) is 0 Å². The van der Waals surface area contributed by atoms with Gasteiger partial charge in [-0.25, -0.2) is 4.79 Å². The molecule has 2 rings (SSSR count). The number of rotatable bonds is 4. The van der Waals surface area contributed by atoms with Crippen molar-refractivity contribution in [1.29, 1.82) is 0 Å². The zero-order valence-electron chi connectivity index (χ0n) is 10.7. The molecule has 3 N–H and O–H groups in total. The molecule has 0 aliphatic heterocycles. The van der Waals surface area contributed by atoms with Crippen molar-refractivity contribution >= 4 is 11.9 Å². The lowest BCUT2D eigenvalue weighted by Crippen LogP contribution is -2.12. The summed E-state index contributed by atoms with van der Waals surface area (Å²) in [6, 6.07) is 7.84. The molecule has 0 aliphatic rings. The lowest BCUT2D eigenvalue weighted by molar-refractivity contribution is 0.0693. The minimum Gasteiger partial charge on any atom is -0.477 e. The van der Waals surface area contributed by atoms with Crippen LogP contribution in [0.1, 0.15) is 26.4 Å². The normalized spacial score (nSPS) is 10.1. The molecule has 102 valence electrons. The summed E-state index contributed by atoms with van der Waals surface area (Å²) in [5, 5.41) is 9.10. The molecule has 6 heteroatoms. The Balaban J connectivity index is 2.47. The molecule has 0 unspecified atom stereocenters. The molecular weight excluding hydrogens is 260 g/mol. The van der Waals surface area contributed by atoms with Crippen LogP contribution in [0.4, 0.5) is 0 Å². The first-order chi connectivity index (χ1) is 9.49. The number of aromatic carboxylic acids is 1. The van der Waals surface area contributed by atoms with E-state index in [0.29, 0.717) is 5.69 Å². The average molecular weight is 272 g/mol. The van der Waals surface area contributed by atoms with Crippen molar-refractivity contribution in [2.75, 3.05) is 0 Å². The monoisotopic (exact) mass is 272 g/mol. The Labute approximate surface area is 114 Å². The molecular formula is C14H12N2O4. The van der Waals surface area contributed by atoms with E-state index in [1.54, 1.807) is 25.1 Å². The van der Waals surface area contributed by atoms with E-state index in [2.05, 4.69) is 4.98 Å². The summed E-state index contributed by atoms with van der Waals surface area (Å²) in [7, 11) is 0. The number of carbonyl (C=O) groups excluding carboxylic acids is 1. The van der Waals surface area contributed by atoms with Crippen LogP contribution in [0, 0.1) is 6.92 Å². The third kappa shape index (κ3) is 2.74. The largest absolute Gasteiger partial charge is 0.477 e. The van der Waals surface area contributed by atoms with Crippen LogP contribution in [-0.2, 0) is 0 Å². The van der Waals surface area contributed by atoms with Gasteiger partial charge in [0, 0.05) is 18.0 Å². The van der Waals surface area contributed by atoms with Gasteiger partial charge in [0.05, 0.1) is 5.56 Å². The number of ether oxygens (including phenoxy) is 1. The smallest absolute Gasteiger partial charge is 0.341 e. The SMILES string of the molecule is Cc1cc(Oc2ccccc2C(N)=O)c(C(=O)O)cn1. The molecule has 1 aromatic carbocycles. The summed E-state index contributed by atoms with van der Waals surface area (Å²) in [6.07, 6.45) is 1.21. The molecule has 0 saturated carbocycles. The fourth-order valence-corrected chi connectivity index (χ4v) is 1.66. The predicted molar refractivity (Wildman–Crippen MR) is 71.0 cm³/mol. The van der Waals surface area contributed by atoms with E-state index in [1.165, 1.54) is 18.3 Å². The summed E-state index contributed by atoms with van der Waals surface area (Å²) < 4.78 is 5.52. The number of carboxylic acid groups (broad SMARTS) is 1. The summed E-state index contributed by atoms with van der Waals surface area (Å²) >= 11 is 0. The number of aromatic nitrogens is 1. The number of primary amides is 1. The molecule has 20 heavy (non-hydrogen) atoms. The average Bonchev–Trinajstić information content (AvgIpc) is 2.38. The Morgan fingerprint density at radius 2 is 1.90 bits per heavy atom. The van der Waals surface area contributed by atoms with Crippen LogP contribution < -0.4 is 10.5 Å². The van der Waals surface area contributed by atoms with Gasteiger partial charge in [0.25, 0.3) is 5.91 Å². The van der Waals surface area contributed by atoms with E-state index in [0.717, 1.165) is 0 Å². The summed E-state index contributed by atoms with van der Waals surface area (Å²) in [4.78, 5) is 26.3. The Morgan fingerprint density at radius 3 is 2.55 bits per heavy atom. The van der Waals surface area contributed by atoms with Gasteiger partial charge in [-0.2, -0.15) is 0 Å². The number of nitrogens with two attached hydrogens (primary N) is 1. The number of nitrogens with zero attached hydrogens (tertiary/aromatic N) is 1. The zero-order chi connectivity index (χ0) is 14.7. The van der Waals surface area contributed by atoms with Gasteiger partial charge in [0.1, 0.15) is 17.1 Å². The Bertz CT molecular complexity index is 683. The van der Waals surface area contributed by atoms with Crippen molar-refractivity contribution in [2.45, 2.75) is 6.92 Å². The fraction of sp³-hybridized carbons (Fsp3) is 0.0714. The molecule has 0 saturated heterocycles. The van der Waals surface area contributed by atoms with Gasteiger partial charge in [-0.05, 0) is 19.1 Å². The number of para-hydroxylation sites is 1. The van der Waals surface area contributed by atoms with Gasteiger partial charge in [0.15, 0.2) is 0 Å². The molecule has 0 spiro atoms. The second-order valence-corrected chi connectivity index (χ2v) is 4.09. The molecule has 1 heterocycles. The number of carbonyl (C=O) groups is 2. The van der Waals surface area contributed by atoms with Gasteiger partial charge in [0.2, 0.25) is 0 Å². The number of aryl methyl sites for hydroxylation is 1. The van der Waals surface area contributed by atoms with Crippen LogP contribution >= 0.6 is 0 Å². The molecule has 0 atom stereocenters. The van der Waals surface area contributed by atoms with Crippen LogP contribution in [0.25, 0.3) is 0 Å². The molecule has 1 amide bonds. The maximum Gasteiger partial charge on any atom is 0.341 e. The minimum atomic E-state index is -1.16. The van der Waals surface area contributed by atoms with Crippen LogP contribution in [0.5, 0.6) is 11.5 Å². The van der Waals surface area contributed by atoms with Crippen molar-refractivity contribution in [2.24, 2.45) is 5.73 Å².